The van der Waals surface area contributed by atoms with Gasteiger partial charge in [0, 0.05) is 45.4 Å². The summed E-state index contributed by atoms with van der Waals surface area (Å²) in [5, 5.41) is 12.1. The van der Waals surface area contributed by atoms with Crippen LogP contribution >= 0.6 is 0 Å². The summed E-state index contributed by atoms with van der Waals surface area (Å²) in [5.74, 6) is -1.24. The first-order valence-electron chi connectivity index (χ1n) is 7.48. The molecule has 9 heteroatoms. The van der Waals surface area contributed by atoms with E-state index in [0.29, 0.717) is 5.69 Å². The highest BCUT2D eigenvalue weighted by molar-refractivity contribution is 7.89. The van der Waals surface area contributed by atoms with Crippen LogP contribution in [0.15, 0.2) is 24.3 Å². The first-order valence-corrected chi connectivity index (χ1v) is 9.09. The molecule has 2 rings (SSSR count). The molecule has 1 fully saturated rings. The molecule has 24 heavy (non-hydrogen) atoms. The number of hydrogen-bond acceptors (Lipinski definition) is 5. The van der Waals surface area contributed by atoms with Crippen molar-refractivity contribution in [1.29, 1.82) is 0 Å². The molecule has 0 aromatic heterocycles. The molecule has 1 aliphatic rings. The second kappa shape index (κ2) is 7.18. The lowest BCUT2D eigenvalue weighted by Crippen LogP contribution is -2.37. The Kier molecular flexibility index (Phi) is 5.45. The summed E-state index contributed by atoms with van der Waals surface area (Å²) in [7, 11) is -0.512. The van der Waals surface area contributed by atoms with Crippen LogP contribution in [-0.4, -0.2) is 62.6 Å². The molecule has 2 amide bonds. The number of hydrogen-bond donors (Lipinski definition) is 2. The van der Waals surface area contributed by atoms with Gasteiger partial charge in [-0.3, -0.25) is 9.59 Å². The standard InChI is InChI=1S/C15H21N3O5S/c1-17(2)24(22,23)7-6-16-15(21)11-8-14(20)18(10-11)12-4-3-5-13(19)9-12/h3-5,9,11,19H,6-8,10H2,1-2H3,(H,16,21)/t11-/m1/s1. The summed E-state index contributed by atoms with van der Waals surface area (Å²) in [6.07, 6.45) is 0.0575. The number of carbonyl (C=O) groups excluding carboxylic acids is 2. The van der Waals surface area contributed by atoms with Crippen LogP contribution in [0.2, 0.25) is 0 Å². The molecule has 1 atom stereocenters. The molecule has 8 nitrogen and oxygen atoms in total. The van der Waals surface area contributed by atoms with Gasteiger partial charge in [-0.05, 0) is 12.1 Å². The van der Waals surface area contributed by atoms with Crippen LogP contribution in [0.25, 0.3) is 0 Å². The maximum Gasteiger partial charge on any atom is 0.227 e. The third-order valence-corrected chi connectivity index (χ3v) is 5.69. The summed E-state index contributed by atoms with van der Waals surface area (Å²) in [6.45, 7) is 0.199. The average molecular weight is 355 g/mol. The molecule has 2 N–H and O–H groups in total. The molecule has 1 aromatic carbocycles. The minimum Gasteiger partial charge on any atom is -0.508 e. The summed E-state index contributed by atoms with van der Waals surface area (Å²) in [6, 6.07) is 6.26. The van der Waals surface area contributed by atoms with E-state index in [9.17, 15) is 23.1 Å². The van der Waals surface area contributed by atoms with Gasteiger partial charge in [0.05, 0.1) is 11.7 Å². The van der Waals surface area contributed by atoms with Crippen molar-refractivity contribution in [1.82, 2.24) is 9.62 Å². The Bertz CT molecular complexity index is 732. The zero-order valence-electron chi connectivity index (χ0n) is 13.6. The number of anilines is 1. The number of rotatable bonds is 6. The number of carbonyl (C=O) groups is 2. The number of aromatic hydroxyl groups is 1. The number of phenolic OH excluding ortho intramolecular Hbond substituents is 1. The van der Waals surface area contributed by atoms with Crippen LogP contribution in [0.5, 0.6) is 5.75 Å². The average Bonchev–Trinajstić information content (AvgIpc) is 2.89. The van der Waals surface area contributed by atoms with Gasteiger partial charge in [-0.25, -0.2) is 12.7 Å². The van der Waals surface area contributed by atoms with Gasteiger partial charge < -0.3 is 15.3 Å². The number of nitrogens with one attached hydrogen (secondary N) is 1. The number of benzene rings is 1. The second-order valence-corrected chi connectivity index (χ2v) is 8.12. The van der Waals surface area contributed by atoms with E-state index in [1.165, 1.54) is 31.1 Å². The normalized spacial score (nSPS) is 18.2. The second-order valence-electron chi connectivity index (χ2n) is 5.81. The van der Waals surface area contributed by atoms with Gasteiger partial charge >= 0.3 is 0 Å². The zero-order valence-corrected chi connectivity index (χ0v) is 14.4. The Morgan fingerprint density at radius 2 is 2.12 bits per heavy atom. The molecule has 132 valence electrons. The molecule has 0 saturated carbocycles. The number of amides is 2. The van der Waals surface area contributed by atoms with Crippen molar-refractivity contribution in [3.8, 4) is 5.75 Å². The van der Waals surface area contributed by atoms with E-state index in [4.69, 9.17) is 0 Å². The van der Waals surface area contributed by atoms with Crippen LogP contribution in [-0.2, 0) is 19.6 Å². The van der Waals surface area contributed by atoms with E-state index >= 15 is 0 Å². The van der Waals surface area contributed by atoms with E-state index in [2.05, 4.69) is 5.32 Å². The summed E-state index contributed by atoms with van der Waals surface area (Å²) < 4.78 is 24.4. The molecule has 0 radical (unpaired) electrons. The molecule has 1 saturated heterocycles. The zero-order chi connectivity index (χ0) is 17.9. The molecular weight excluding hydrogens is 334 g/mol. The fraction of sp³-hybridized carbons (Fsp3) is 0.467. The van der Waals surface area contributed by atoms with E-state index < -0.39 is 15.9 Å². The SMILES string of the molecule is CN(C)S(=O)(=O)CCNC(=O)[C@@H]1CC(=O)N(c2cccc(O)c2)C1. The van der Waals surface area contributed by atoms with Crippen LogP contribution in [0, 0.1) is 5.92 Å². The van der Waals surface area contributed by atoms with Gasteiger partial charge in [0.1, 0.15) is 5.75 Å². The lowest BCUT2D eigenvalue weighted by molar-refractivity contribution is -0.126. The van der Waals surface area contributed by atoms with Crippen LogP contribution < -0.4 is 10.2 Å². The predicted octanol–water partition coefficient (Wildman–Crippen LogP) is -0.247. The van der Waals surface area contributed by atoms with Crippen molar-refractivity contribution < 1.29 is 23.1 Å². The van der Waals surface area contributed by atoms with Crippen molar-refractivity contribution in [3.05, 3.63) is 24.3 Å². The van der Waals surface area contributed by atoms with Gasteiger partial charge in [-0.15, -0.1) is 0 Å². The monoisotopic (exact) mass is 355 g/mol. The Morgan fingerprint density at radius 3 is 2.75 bits per heavy atom. The molecule has 0 unspecified atom stereocenters. The molecule has 0 spiro atoms. The summed E-state index contributed by atoms with van der Waals surface area (Å²) in [4.78, 5) is 25.7. The van der Waals surface area contributed by atoms with Crippen molar-refractivity contribution >= 4 is 27.5 Å². The van der Waals surface area contributed by atoms with Crippen molar-refractivity contribution in [2.45, 2.75) is 6.42 Å². The molecule has 0 bridgehead atoms. The topological polar surface area (TPSA) is 107 Å². The van der Waals surface area contributed by atoms with Gasteiger partial charge in [0.25, 0.3) is 0 Å². The third-order valence-electron chi connectivity index (χ3n) is 3.85. The smallest absolute Gasteiger partial charge is 0.227 e. The summed E-state index contributed by atoms with van der Waals surface area (Å²) in [5.41, 5.74) is 0.533. The molecule has 1 aliphatic heterocycles. The van der Waals surface area contributed by atoms with Gasteiger partial charge in [-0.1, -0.05) is 6.07 Å². The van der Waals surface area contributed by atoms with E-state index in [1.807, 2.05) is 0 Å². The summed E-state index contributed by atoms with van der Waals surface area (Å²) >= 11 is 0. The molecule has 1 aromatic rings. The lowest BCUT2D eigenvalue weighted by Gasteiger charge is -2.17. The highest BCUT2D eigenvalue weighted by Gasteiger charge is 2.35. The Hall–Kier alpha value is -2.13. The van der Waals surface area contributed by atoms with Crippen LogP contribution in [0.3, 0.4) is 0 Å². The minimum atomic E-state index is -3.37. The van der Waals surface area contributed by atoms with E-state index in [0.717, 1.165) is 4.31 Å². The first-order chi connectivity index (χ1) is 11.2. The molecule has 1 heterocycles. The minimum absolute atomic E-state index is 0.00381. The number of sulfonamides is 1. The molecule has 0 aliphatic carbocycles. The van der Waals surface area contributed by atoms with E-state index in [-0.39, 0.29) is 42.8 Å². The maximum atomic E-state index is 12.1. The largest absolute Gasteiger partial charge is 0.508 e. The van der Waals surface area contributed by atoms with E-state index in [1.54, 1.807) is 12.1 Å². The van der Waals surface area contributed by atoms with Gasteiger partial charge in [0.2, 0.25) is 21.8 Å². The fourth-order valence-electron chi connectivity index (χ4n) is 2.42. The maximum absolute atomic E-state index is 12.1. The number of nitrogens with zero attached hydrogens (tertiary/aromatic N) is 2. The van der Waals surface area contributed by atoms with Crippen LogP contribution in [0.1, 0.15) is 6.42 Å². The quantitative estimate of drug-likeness (QED) is 0.732. The predicted molar refractivity (Wildman–Crippen MR) is 89.1 cm³/mol. The first kappa shape index (κ1) is 18.2. The van der Waals surface area contributed by atoms with Gasteiger partial charge in [0.15, 0.2) is 0 Å². The Balaban J connectivity index is 1.92. The third kappa shape index (κ3) is 4.24. The fourth-order valence-corrected chi connectivity index (χ4v) is 3.15. The highest BCUT2D eigenvalue weighted by atomic mass is 32.2. The van der Waals surface area contributed by atoms with Crippen LogP contribution in [0.4, 0.5) is 5.69 Å². The number of phenols is 1. The Morgan fingerprint density at radius 1 is 1.42 bits per heavy atom. The van der Waals surface area contributed by atoms with Crippen molar-refractivity contribution in [3.63, 3.8) is 0 Å². The van der Waals surface area contributed by atoms with Crippen molar-refractivity contribution in [2.24, 2.45) is 5.92 Å². The Labute approximate surface area is 141 Å². The molecular formula is C15H21N3O5S. The highest BCUT2D eigenvalue weighted by Crippen LogP contribution is 2.27. The van der Waals surface area contributed by atoms with Crippen molar-refractivity contribution in [2.75, 3.05) is 37.8 Å². The van der Waals surface area contributed by atoms with Gasteiger partial charge in [-0.2, -0.15) is 0 Å². The lowest BCUT2D eigenvalue weighted by atomic mass is 10.1.